The predicted octanol–water partition coefficient (Wildman–Crippen LogP) is 2.18. The second-order valence-electron chi connectivity index (χ2n) is 4.87. The number of carboxylic acids is 1. The van der Waals surface area contributed by atoms with Crippen molar-refractivity contribution in [3.63, 3.8) is 0 Å². The Bertz CT molecular complexity index is 567. The number of nitrogen functional groups attached to an aromatic ring is 1. The van der Waals surface area contributed by atoms with Gasteiger partial charge in [0.25, 0.3) is 5.91 Å². The SMILES string of the molecule is CCCC1SCC(C(=O)O)N1C(=O)c1cc(F)ccc1N. The number of aliphatic carboxylic acids is 1. The van der Waals surface area contributed by atoms with Gasteiger partial charge in [0.05, 0.1) is 10.9 Å². The third-order valence-electron chi connectivity index (χ3n) is 3.39. The van der Waals surface area contributed by atoms with Crippen LogP contribution in [0.25, 0.3) is 0 Å². The molecule has 1 saturated heterocycles. The van der Waals surface area contributed by atoms with Gasteiger partial charge in [-0.05, 0) is 24.6 Å². The van der Waals surface area contributed by atoms with Crippen LogP contribution in [0.3, 0.4) is 0 Å². The van der Waals surface area contributed by atoms with Gasteiger partial charge in [0.15, 0.2) is 0 Å². The fraction of sp³-hybridized carbons (Fsp3) is 0.429. The Morgan fingerprint density at radius 1 is 1.52 bits per heavy atom. The minimum atomic E-state index is -1.05. The number of benzene rings is 1. The molecule has 2 rings (SSSR count). The van der Waals surface area contributed by atoms with E-state index in [1.807, 2.05) is 6.92 Å². The van der Waals surface area contributed by atoms with Crippen LogP contribution in [-0.4, -0.2) is 39.1 Å². The van der Waals surface area contributed by atoms with E-state index in [9.17, 15) is 19.1 Å². The number of hydrogen-bond donors (Lipinski definition) is 2. The van der Waals surface area contributed by atoms with E-state index in [4.69, 9.17) is 5.73 Å². The van der Waals surface area contributed by atoms with Crippen molar-refractivity contribution in [2.75, 3.05) is 11.5 Å². The van der Waals surface area contributed by atoms with Crippen LogP contribution in [0.5, 0.6) is 0 Å². The Balaban J connectivity index is 2.36. The summed E-state index contributed by atoms with van der Waals surface area (Å²) in [4.78, 5) is 25.3. The molecule has 0 saturated carbocycles. The Kier molecular flexibility index (Phi) is 4.72. The summed E-state index contributed by atoms with van der Waals surface area (Å²) >= 11 is 1.43. The number of hydrogen-bond acceptors (Lipinski definition) is 4. The number of thioether (sulfide) groups is 1. The van der Waals surface area contributed by atoms with Crippen LogP contribution in [0.15, 0.2) is 18.2 Å². The highest BCUT2D eigenvalue weighted by Crippen LogP contribution is 2.34. The number of nitrogens with zero attached hydrogens (tertiary/aromatic N) is 1. The van der Waals surface area contributed by atoms with Crippen LogP contribution in [-0.2, 0) is 4.79 Å². The summed E-state index contributed by atoms with van der Waals surface area (Å²) in [6, 6.07) is 2.64. The Hall–Kier alpha value is -1.76. The summed E-state index contributed by atoms with van der Waals surface area (Å²) in [5.74, 6) is -1.81. The van der Waals surface area contributed by atoms with Crippen LogP contribution in [0.4, 0.5) is 10.1 Å². The number of carboxylic acid groups (broad SMARTS) is 1. The second kappa shape index (κ2) is 6.34. The molecule has 3 N–H and O–H groups in total. The molecular weight excluding hydrogens is 295 g/mol. The van der Waals surface area contributed by atoms with Gasteiger partial charge in [-0.3, -0.25) is 4.79 Å². The number of halogens is 1. The predicted molar refractivity (Wildman–Crippen MR) is 79.6 cm³/mol. The van der Waals surface area contributed by atoms with Crippen molar-refractivity contribution in [1.82, 2.24) is 4.90 Å². The molecule has 0 bridgehead atoms. The monoisotopic (exact) mass is 312 g/mol. The number of carbonyl (C=O) groups is 2. The molecule has 1 aromatic rings. The molecule has 1 fully saturated rings. The highest BCUT2D eigenvalue weighted by atomic mass is 32.2. The lowest BCUT2D eigenvalue weighted by molar-refractivity contribution is -0.141. The highest BCUT2D eigenvalue weighted by Gasteiger charge is 2.41. The third kappa shape index (κ3) is 3.12. The van der Waals surface area contributed by atoms with Crippen molar-refractivity contribution >= 4 is 29.3 Å². The van der Waals surface area contributed by atoms with Gasteiger partial charge in [-0.2, -0.15) is 0 Å². The van der Waals surface area contributed by atoms with E-state index >= 15 is 0 Å². The van der Waals surface area contributed by atoms with Crippen molar-refractivity contribution in [3.05, 3.63) is 29.6 Å². The van der Waals surface area contributed by atoms with E-state index in [2.05, 4.69) is 0 Å². The molecule has 1 heterocycles. The maximum atomic E-state index is 13.3. The van der Waals surface area contributed by atoms with Crippen molar-refractivity contribution in [2.24, 2.45) is 0 Å². The lowest BCUT2D eigenvalue weighted by Gasteiger charge is -2.27. The molecule has 114 valence electrons. The lowest BCUT2D eigenvalue weighted by atomic mass is 10.1. The first-order chi connectivity index (χ1) is 9.95. The molecule has 0 aliphatic carbocycles. The van der Waals surface area contributed by atoms with E-state index < -0.39 is 23.7 Å². The molecule has 21 heavy (non-hydrogen) atoms. The number of anilines is 1. The molecule has 0 aromatic heterocycles. The number of nitrogens with two attached hydrogens (primary N) is 1. The molecule has 0 spiro atoms. The number of carbonyl (C=O) groups excluding carboxylic acids is 1. The maximum absolute atomic E-state index is 13.3. The summed E-state index contributed by atoms with van der Waals surface area (Å²) < 4.78 is 13.3. The standard InChI is InChI=1S/C14H17FN2O3S/c1-2-3-12-17(11(7-21-12)14(19)20)13(18)9-6-8(15)4-5-10(9)16/h4-6,11-12H,2-3,7,16H2,1H3,(H,19,20). The topological polar surface area (TPSA) is 83.6 Å². The van der Waals surface area contributed by atoms with Crippen LogP contribution in [0.2, 0.25) is 0 Å². The largest absolute Gasteiger partial charge is 0.480 e. The Morgan fingerprint density at radius 2 is 2.24 bits per heavy atom. The zero-order chi connectivity index (χ0) is 15.6. The van der Waals surface area contributed by atoms with Gasteiger partial charge >= 0.3 is 5.97 Å². The molecule has 2 unspecified atom stereocenters. The van der Waals surface area contributed by atoms with E-state index in [1.54, 1.807) is 0 Å². The van der Waals surface area contributed by atoms with Crippen LogP contribution in [0, 0.1) is 5.82 Å². The molecular formula is C14H17FN2O3S. The Morgan fingerprint density at radius 3 is 2.86 bits per heavy atom. The molecule has 2 atom stereocenters. The van der Waals surface area contributed by atoms with Crippen molar-refractivity contribution in [1.29, 1.82) is 0 Å². The van der Waals surface area contributed by atoms with E-state index in [-0.39, 0.29) is 16.6 Å². The molecule has 1 aliphatic rings. The first kappa shape index (κ1) is 15.6. The smallest absolute Gasteiger partial charge is 0.327 e. The maximum Gasteiger partial charge on any atom is 0.327 e. The summed E-state index contributed by atoms with van der Waals surface area (Å²) in [5.41, 5.74) is 5.90. The van der Waals surface area contributed by atoms with Gasteiger partial charge in [0, 0.05) is 11.4 Å². The lowest BCUT2D eigenvalue weighted by Crippen LogP contribution is -2.45. The fourth-order valence-electron chi connectivity index (χ4n) is 2.35. The fourth-order valence-corrected chi connectivity index (χ4v) is 3.86. The summed E-state index contributed by atoms with van der Waals surface area (Å²) in [5, 5.41) is 9.06. The average molecular weight is 312 g/mol. The number of amides is 1. The molecule has 1 aliphatic heterocycles. The molecule has 7 heteroatoms. The first-order valence-electron chi connectivity index (χ1n) is 6.67. The Labute approximate surface area is 126 Å². The number of rotatable bonds is 4. The molecule has 1 amide bonds. The molecule has 1 aromatic carbocycles. The average Bonchev–Trinajstić information content (AvgIpc) is 2.85. The first-order valence-corrected chi connectivity index (χ1v) is 7.72. The molecule has 0 radical (unpaired) electrons. The van der Waals surface area contributed by atoms with Gasteiger partial charge in [-0.1, -0.05) is 13.3 Å². The molecule has 5 nitrogen and oxygen atoms in total. The quantitative estimate of drug-likeness (QED) is 0.833. The van der Waals surface area contributed by atoms with Gasteiger partial charge in [-0.25, -0.2) is 9.18 Å². The van der Waals surface area contributed by atoms with E-state index in [1.165, 1.54) is 28.8 Å². The minimum absolute atomic E-state index is 0.0184. The van der Waals surface area contributed by atoms with Gasteiger partial charge < -0.3 is 15.7 Å². The summed E-state index contributed by atoms with van der Waals surface area (Å²) in [6.45, 7) is 1.97. The van der Waals surface area contributed by atoms with Crippen molar-refractivity contribution in [2.45, 2.75) is 31.2 Å². The minimum Gasteiger partial charge on any atom is -0.480 e. The van der Waals surface area contributed by atoms with E-state index in [0.717, 1.165) is 12.5 Å². The summed E-state index contributed by atoms with van der Waals surface area (Å²) in [7, 11) is 0. The summed E-state index contributed by atoms with van der Waals surface area (Å²) in [6.07, 6.45) is 1.52. The van der Waals surface area contributed by atoms with Gasteiger partial charge in [-0.15, -0.1) is 11.8 Å². The zero-order valence-corrected chi connectivity index (χ0v) is 12.4. The van der Waals surface area contributed by atoms with Crippen LogP contribution >= 0.6 is 11.8 Å². The van der Waals surface area contributed by atoms with Gasteiger partial charge in [0.1, 0.15) is 11.9 Å². The van der Waals surface area contributed by atoms with Crippen molar-refractivity contribution in [3.8, 4) is 0 Å². The van der Waals surface area contributed by atoms with Gasteiger partial charge in [0.2, 0.25) is 0 Å². The normalized spacial score (nSPS) is 21.5. The van der Waals surface area contributed by atoms with Crippen molar-refractivity contribution < 1.29 is 19.1 Å². The van der Waals surface area contributed by atoms with Crippen LogP contribution < -0.4 is 5.73 Å². The third-order valence-corrected chi connectivity index (χ3v) is 4.75. The van der Waals surface area contributed by atoms with E-state index in [0.29, 0.717) is 12.2 Å². The second-order valence-corrected chi connectivity index (χ2v) is 6.09. The highest BCUT2D eigenvalue weighted by molar-refractivity contribution is 8.00. The van der Waals surface area contributed by atoms with Crippen LogP contribution in [0.1, 0.15) is 30.1 Å². The zero-order valence-electron chi connectivity index (χ0n) is 11.6.